The molecule has 128 valence electrons. The molecule has 1 aliphatic rings. The smallest absolute Gasteiger partial charge is 0.308 e. The van der Waals surface area contributed by atoms with E-state index in [2.05, 4.69) is 5.32 Å². The van der Waals surface area contributed by atoms with Gasteiger partial charge in [0.25, 0.3) is 5.91 Å². The minimum Gasteiger partial charge on any atom is -0.452 e. The normalized spacial score (nSPS) is 15.3. The van der Waals surface area contributed by atoms with Crippen LogP contribution in [0.15, 0.2) is 24.3 Å². The van der Waals surface area contributed by atoms with Crippen molar-refractivity contribution in [3.05, 3.63) is 30.1 Å². The van der Waals surface area contributed by atoms with Crippen LogP contribution in [-0.4, -0.2) is 41.2 Å². The Morgan fingerprint density at radius 1 is 1.25 bits per heavy atom. The predicted octanol–water partition coefficient (Wildman–Crippen LogP) is 1.23. The Morgan fingerprint density at radius 3 is 2.50 bits per heavy atom. The van der Waals surface area contributed by atoms with Gasteiger partial charge in [0.15, 0.2) is 6.10 Å². The molecule has 0 spiro atoms. The summed E-state index contributed by atoms with van der Waals surface area (Å²) >= 11 is 0. The van der Waals surface area contributed by atoms with Crippen molar-refractivity contribution < 1.29 is 28.3 Å². The van der Waals surface area contributed by atoms with Gasteiger partial charge in [-0.05, 0) is 19.1 Å². The number of nitrogens with one attached hydrogen (secondary N) is 1. The number of carbonyl (C=O) groups excluding carboxylic acids is 4. The lowest BCUT2D eigenvalue weighted by molar-refractivity contribution is -0.154. The lowest BCUT2D eigenvalue weighted by atomic mass is 10.3. The highest BCUT2D eigenvalue weighted by molar-refractivity contribution is 6.02. The summed E-state index contributed by atoms with van der Waals surface area (Å²) in [6.45, 7) is 1.28. The first-order valence-electron chi connectivity index (χ1n) is 7.46. The van der Waals surface area contributed by atoms with E-state index >= 15 is 0 Å². The molecule has 1 fully saturated rings. The molecular weight excluding hydrogens is 319 g/mol. The molecule has 1 saturated heterocycles. The molecule has 1 aromatic carbocycles. The molecule has 7 nitrogen and oxygen atoms in total. The Hall–Kier alpha value is -2.77. The second-order valence-electron chi connectivity index (χ2n) is 5.29. The maximum Gasteiger partial charge on any atom is 0.308 e. The molecule has 0 saturated carbocycles. The number of nitrogens with zero attached hydrogens (tertiary/aromatic N) is 1. The van der Waals surface area contributed by atoms with E-state index in [0.717, 1.165) is 4.90 Å². The van der Waals surface area contributed by atoms with Gasteiger partial charge in [-0.2, -0.15) is 0 Å². The molecular formula is C16H17FN2O5. The number of esters is 1. The number of ether oxygens (including phenoxy) is 1. The Morgan fingerprint density at radius 2 is 1.88 bits per heavy atom. The fraction of sp³-hybridized carbons (Fsp3) is 0.375. The van der Waals surface area contributed by atoms with E-state index in [-0.39, 0.29) is 43.3 Å². The van der Waals surface area contributed by atoms with E-state index in [1.165, 1.54) is 25.1 Å². The van der Waals surface area contributed by atoms with E-state index < -0.39 is 23.8 Å². The lowest BCUT2D eigenvalue weighted by Gasteiger charge is -2.16. The first kappa shape index (κ1) is 17.6. The van der Waals surface area contributed by atoms with Crippen molar-refractivity contribution in [1.29, 1.82) is 0 Å². The van der Waals surface area contributed by atoms with Crippen molar-refractivity contribution in [3.8, 4) is 0 Å². The van der Waals surface area contributed by atoms with Crippen molar-refractivity contribution in [2.75, 3.05) is 11.9 Å². The molecule has 8 heteroatoms. The van der Waals surface area contributed by atoms with Crippen LogP contribution in [0.25, 0.3) is 0 Å². The zero-order valence-corrected chi connectivity index (χ0v) is 13.1. The van der Waals surface area contributed by atoms with E-state index in [1.54, 1.807) is 6.07 Å². The number of halogens is 1. The zero-order chi connectivity index (χ0) is 17.7. The van der Waals surface area contributed by atoms with Crippen molar-refractivity contribution in [2.45, 2.75) is 32.3 Å². The van der Waals surface area contributed by atoms with Gasteiger partial charge in [0, 0.05) is 19.4 Å². The minimum atomic E-state index is -1.14. The van der Waals surface area contributed by atoms with Crippen LogP contribution in [0.4, 0.5) is 10.1 Å². The summed E-state index contributed by atoms with van der Waals surface area (Å²) in [5, 5.41) is 2.32. The zero-order valence-electron chi connectivity index (χ0n) is 13.1. The van der Waals surface area contributed by atoms with Gasteiger partial charge in [0.2, 0.25) is 11.8 Å². The molecule has 0 aliphatic carbocycles. The topological polar surface area (TPSA) is 92.8 Å². The molecule has 3 amide bonds. The molecule has 24 heavy (non-hydrogen) atoms. The highest BCUT2D eigenvalue weighted by Crippen LogP contribution is 2.14. The molecule has 0 aromatic heterocycles. The van der Waals surface area contributed by atoms with Crippen LogP contribution in [0.1, 0.15) is 26.2 Å². The number of anilines is 1. The van der Waals surface area contributed by atoms with Gasteiger partial charge >= 0.3 is 5.97 Å². The Kier molecular flexibility index (Phi) is 5.62. The summed E-state index contributed by atoms with van der Waals surface area (Å²) in [7, 11) is 0. The molecule has 0 bridgehead atoms. The van der Waals surface area contributed by atoms with Crippen molar-refractivity contribution in [1.82, 2.24) is 4.90 Å². The number of imide groups is 1. The number of amides is 3. The van der Waals surface area contributed by atoms with Crippen LogP contribution in [0.2, 0.25) is 0 Å². The molecule has 1 N–H and O–H groups in total. The maximum atomic E-state index is 13.5. The van der Waals surface area contributed by atoms with Gasteiger partial charge in [-0.25, -0.2) is 4.39 Å². The van der Waals surface area contributed by atoms with Gasteiger partial charge < -0.3 is 10.1 Å². The molecule has 1 aliphatic heterocycles. The van der Waals surface area contributed by atoms with E-state index in [4.69, 9.17) is 4.74 Å². The van der Waals surface area contributed by atoms with Crippen LogP contribution in [-0.2, 0) is 23.9 Å². The number of rotatable bonds is 6. The van der Waals surface area contributed by atoms with Crippen molar-refractivity contribution in [3.63, 3.8) is 0 Å². The Bertz CT molecular complexity index is 660. The molecule has 1 unspecified atom stereocenters. The van der Waals surface area contributed by atoms with Crippen LogP contribution < -0.4 is 5.32 Å². The summed E-state index contributed by atoms with van der Waals surface area (Å²) in [6.07, 6.45) is -1.04. The Balaban J connectivity index is 1.80. The third-order valence-corrected chi connectivity index (χ3v) is 3.50. The second kappa shape index (κ2) is 7.67. The van der Waals surface area contributed by atoms with E-state index in [1.807, 2.05) is 0 Å². The van der Waals surface area contributed by atoms with Crippen LogP contribution in [0, 0.1) is 5.82 Å². The highest BCUT2D eigenvalue weighted by Gasteiger charge is 2.29. The third-order valence-electron chi connectivity index (χ3n) is 3.50. The van der Waals surface area contributed by atoms with Crippen LogP contribution in [0.5, 0.6) is 0 Å². The standard InChI is InChI=1S/C16H17FN2O5/c1-10(16(23)18-12-5-3-2-4-11(12)17)24-15(22)8-9-19-13(20)6-7-14(19)21/h2-5,10H,6-9H2,1H3,(H,18,23). The largest absolute Gasteiger partial charge is 0.452 e. The molecule has 1 heterocycles. The molecule has 0 radical (unpaired) electrons. The van der Waals surface area contributed by atoms with Gasteiger partial charge in [-0.15, -0.1) is 0 Å². The van der Waals surface area contributed by atoms with Gasteiger partial charge in [-0.1, -0.05) is 12.1 Å². The summed E-state index contributed by atoms with van der Waals surface area (Å²) in [6, 6.07) is 5.61. The number of benzene rings is 1. The number of para-hydroxylation sites is 1. The molecule has 1 atom stereocenters. The number of hydrogen-bond donors (Lipinski definition) is 1. The predicted molar refractivity (Wildman–Crippen MR) is 81.2 cm³/mol. The monoisotopic (exact) mass is 336 g/mol. The maximum absolute atomic E-state index is 13.5. The second-order valence-corrected chi connectivity index (χ2v) is 5.29. The fourth-order valence-electron chi connectivity index (χ4n) is 2.18. The summed E-state index contributed by atoms with van der Waals surface area (Å²) in [4.78, 5) is 47.5. The van der Waals surface area contributed by atoms with Gasteiger partial charge in [0.1, 0.15) is 5.82 Å². The van der Waals surface area contributed by atoms with Gasteiger partial charge in [-0.3, -0.25) is 24.1 Å². The van der Waals surface area contributed by atoms with Crippen LogP contribution in [0.3, 0.4) is 0 Å². The SMILES string of the molecule is CC(OC(=O)CCN1C(=O)CCC1=O)C(=O)Nc1ccccc1F. The molecule has 1 aromatic rings. The molecule has 2 rings (SSSR count). The highest BCUT2D eigenvalue weighted by atomic mass is 19.1. The average molecular weight is 336 g/mol. The first-order valence-corrected chi connectivity index (χ1v) is 7.46. The number of likely N-dealkylation sites (tertiary alicyclic amines) is 1. The van der Waals surface area contributed by atoms with E-state index in [0.29, 0.717) is 0 Å². The summed E-state index contributed by atoms with van der Waals surface area (Å²) < 4.78 is 18.4. The minimum absolute atomic E-state index is 0.0151. The summed E-state index contributed by atoms with van der Waals surface area (Å²) in [5.74, 6) is -2.65. The Labute approximate surface area is 137 Å². The van der Waals surface area contributed by atoms with Gasteiger partial charge in [0.05, 0.1) is 12.1 Å². The van der Waals surface area contributed by atoms with E-state index in [9.17, 15) is 23.6 Å². The first-order chi connectivity index (χ1) is 11.4. The lowest BCUT2D eigenvalue weighted by Crippen LogP contribution is -2.34. The van der Waals surface area contributed by atoms with Crippen molar-refractivity contribution >= 4 is 29.4 Å². The number of hydrogen-bond acceptors (Lipinski definition) is 5. The average Bonchev–Trinajstić information content (AvgIpc) is 2.86. The number of carbonyl (C=O) groups is 4. The summed E-state index contributed by atoms with van der Waals surface area (Å²) in [5.41, 5.74) is -0.0151. The van der Waals surface area contributed by atoms with Crippen molar-refractivity contribution in [2.24, 2.45) is 0 Å². The third kappa shape index (κ3) is 4.37. The fourth-order valence-corrected chi connectivity index (χ4v) is 2.18. The quantitative estimate of drug-likeness (QED) is 0.623. The van der Waals surface area contributed by atoms with Crippen LogP contribution >= 0.6 is 0 Å².